The topological polar surface area (TPSA) is 0 Å². The van der Waals surface area contributed by atoms with Crippen LogP contribution in [0.5, 0.6) is 0 Å². The lowest BCUT2D eigenvalue weighted by molar-refractivity contribution is 0.737. The fourth-order valence-corrected chi connectivity index (χ4v) is 3.54. The van der Waals surface area contributed by atoms with Crippen LogP contribution < -0.4 is 0 Å². The largest absolute Gasteiger partial charge is 0.0808 e. The third-order valence-corrected chi connectivity index (χ3v) is 5.90. The van der Waals surface area contributed by atoms with E-state index in [1.165, 1.54) is 32.1 Å². The first kappa shape index (κ1) is 218. The molecule has 0 N–H and O–H groups in total. The minimum Gasteiger partial charge on any atom is -0.0808 e. The lowest BCUT2D eigenvalue weighted by Crippen LogP contribution is -1.66. The zero-order valence-electron chi connectivity index (χ0n) is 68.3. The molecule has 103 heavy (non-hydrogen) atoms. The lowest BCUT2D eigenvalue weighted by Gasteiger charge is -1.79. The molecule has 0 heterocycles. The molecule has 0 nitrogen and oxygen atoms in total. The summed E-state index contributed by atoms with van der Waals surface area (Å²) in [5.74, 6) is 0.833. The standard InChI is InChI=1S/9C5H6.C4H10.5C3H8.12C2H6.15CH4/c9*1-2-4-5-3-1;1-4(2)3;5*1-3-2;12*1-2;;;;;;;;;;;;;;;/h9*1-4H,5H2;4H,1-3H3;5*3H2,1-2H3;12*1-2H3;15*1H4. The zero-order chi connectivity index (χ0) is 72.9. The van der Waals surface area contributed by atoms with Gasteiger partial charge in [0.2, 0.25) is 0 Å². The SMILES string of the molecule is C.C.C.C.C.C.C.C.C.C.C.C.C.C.C.C1=CCC=C1.C1=CCC=C1.C1=CCC=C1.C1=CCC=C1.C1=CCC=C1.C1=CCC=C1.C1=CCC=C1.C1=CCC=C1.C1=CCC=C1.CC.CC.CC.CC.CC.CC.CC.CC.CC.CC.CC.CC.CC(C)C.CCC.CCC.CCC.CCC.CCC. The van der Waals surface area contributed by atoms with Gasteiger partial charge in [-0.15, -0.1) is 0 Å². The van der Waals surface area contributed by atoms with Crippen LogP contribution in [0.3, 0.4) is 0 Å². The molecular weight excluding hydrogens is 1240 g/mol. The first-order valence-corrected chi connectivity index (χ1v) is 37.2. The van der Waals surface area contributed by atoms with Crippen molar-refractivity contribution < 1.29 is 0 Å². The summed E-state index contributed by atoms with van der Waals surface area (Å²) in [5, 5.41) is 0. The fraction of sp³-hybridized carbons (Fsp3) is 0.650. The summed E-state index contributed by atoms with van der Waals surface area (Å²) in [6.45, 7) is 75.8. The average molecular weight is 1480 g/mol. The van der Waals surface area contributed by atoms with Gasteiger partial charge in [0.25, 0.3) is 0 Å². The van der Waals surface area contributed by atoms with E-state index in [1.54, 1.807) is 0 Å². The summed E-state index contributed by atoms with van der Waals surface area (Å²) in [5.41, 5.74) is 0. The predicted molar refractivity (Wildman–Crippen MR) is 544 cm³/mol. The summed E-state index contributed by atoms with van der Waals surface area (Å²) in [4.78, 5) is 0. The average Bonchev–Trinajstić information content (AvgIpc) is 4.45. The second-order valence-electron chi connectivity index (χ2n) is 15.1. The molecule has 0 atom stereocenters. The second kappa shape index (κ2) is 387. The van der Waals surface area contributed by atoms with E-state index in [9.17, 15) is 0 Å². The van der Waals surface area contributed by atoms with Crippen molar-refractivity contribution in [3.8, 4) is 0 Å². The molecule has 0 unspecified atom stereocenters. The zero-order valence-corrected chi connectivity index (χ0v) is 68.3. The van der Waals surface area contributed by atoms with Crippen LogP contribution in [0.1, 0.15) is 457 Å². The van der Waals surface area contributed by atoms with Crippen LogP contribution in [0.15, 0.2) is 219 Å². The van der Waals surface area contributed by atoms with Gasteiger partial charge in [0.05, 0.1) is 0 Å². The van der Waals surface area contributed by atoms with Crippen molar-refractivity contribution in [1.82, 2.24) is 0 Å². The lowest BCUT2D eigenvalue weighted by atomic mass is 10.3. The van der Waals surface area contributed by atoms with Crippen molar-refractivity contribution in [2.24, 2.45) is 5.92 Å². The molecule has 0 aliphatic heterocycles. The first-order valence-electron chi connectivity index (χ1n) is 37.2. The third kappa shape index (κ3) is 544. The molecule has 0 heteroatoms. The Bertz CT molecular complexity index is 950. The van der Waals surface area contributed by atoms with Crippen LogP contribution in [-0.4, -0.2) is 0 Å². The molecule has 0 spiro atoms. The van der Waals surface area contributed by atoms with Gasteiger partial charge in [-0.3, -0.25) is 0 Å². The molecule has 0 bridgehead atoms. The third-order valence-electron chi connectivity index (χ3n) is 5.90. The van der Waals surface area contributed by atoms with Crippen LogP contribution in [0.25, 0.3) is 0 Å². The van der Waals surface area contributed by atoms with Gasteiger partial charge in [-0.2, -0.15) is 0 Å². The Morgan fingerprint density at radius 2 is 0.165 bits per heavy atom. The highest BCUT2D eigenvalue weighted by Crippen LogP contribution is 1.97. The molecule has 9 aliphatic carbocycles. The van der Waals surface area contributed by atoms with Crippen molar-refractivity contribution in [1.29, 1.82) is 0 Å². The van der Waals surface area contributed by atoms with Crippen molar-refractivity contribution in [3.05, 3.63) is 219 Å². The van der Waals surface area contributed by atoms with Crippen molar-refractivity contribution in [2.75, 3.05) is 0 Å². The molecule has 0 aromatic heterocycles. The van der Waals surface area contributed by atoms with Gasteiger partial charge in [-0.1, -0.05) is 618 Å². The summed E-state index contributed by atoms with van der Waals surface area (Å²) in [7, 11) is 0. The van der Waals surface area contributed by atoms with Gasteiger partial charge in [-0.25, -0.2) is 0 Å². The number of hydrogen-bond donors (Lipinski definition) is 0. The van der Waals surface area contributed by atoms with E-state index in [0.717, 1.165) is 63.7 Å². The summed E-state index contributed by atoms with van der Waals surface area (Å²) in [6.07, 6.45) is 91.8. The number of hydrogen-bond acceptors (Lipinski definition) is 0. The Kier molecular flexibility index (Phi) is 819. The molecule has 648 valence electrons. The maximum Gasteiger partial charge on any atom is -0.0163 e. The van der Waals surface area contributed by atoms with Gasteiger partial charge in [-0.05, 0) is 63.7 Å². The molecule has 0 saturated heterocycles. The molecule has 9 rings (SSSR count). The molecule has 9 aliphatic rings. The molecule has 0 aromatic rings. The van der Waals surface area contributed by atoms with E-state index in [2.05, 4.69) is 309 Å². The summed E-state index contributed by atoms with van der Waals surface area (Å²) >= 11 is 0. The van der Waals surface area contributed by atoms with Gasteiger partial charge in [0, 0.05) is 0 Å². The number of allylic oxidation sites excluding steroid dienone is 36. The maximum atomic E-state index is 2.17. The smallest absolute Gasteiger partial charge is 0.0163 e. The highest BCUT2D eigenvalue weighted by molar-refractivity contribution is 5.16. The van der Waals surface area contributed by atoms with Crippen molar-refractivity contribution in [3.63, 3.8) is 0 Å². The van der Waals surface area contributed by atoms with Gasteiger partial charge in [0.15, 0.2) is 0 Å². The Hall–Kier alpha value is -4.68. The van der Waals surface area contributed by atoms with Crippen LogP contribution >= 0.6 is 0 Å². The summed E-state index contributed by atoms with van der Waals surface area (Å²) < 4.78 is 0. The Labute approximate surface area is 678 Å². The highest BCUT2D eigenvalue weighted by atomic mass is 13.8. The molecule has 0 amide bonds. The van der Waals surface area contributed by atoms with Crippen LogP contribution in [0.2, 0.25) is 0 Å². The summed E-state index contributed by atoms with van der Waals surface area (Å²) in [6, 6.07) is 0. The van der Waals surface area contributed by atoms with Gasteiger partial charge >= 0.3 is 0 Å². The minimum absolute atomic E-state index is 0. The molecule has 0 fully saturated rings. The van der Waals surface area contributed by atoms with E-state index in [1.807, 2.05) is 166 Å². The van der Waals surface area contributed by atoms with Crippen LogP contribution in [0.4, 0.5) is 0 Å². The maximum absolute atomic E-state index is 2.17. The van der Waals surface area contributed by atoms with Crippen LogP contribution in [-0.2, 0) is 0 Å². The van der Waals surface area contributed by atoms with E-state index >= 15 is 0 Å². The van der Waals surface area contributed by atoms with Crippen molar-refractivity contribution >= 4 is 0 Å². The minimum atomic E-state index is 0. The van der Waals surface area contributed by atoms with Gasteiger partial charge in [0.1, 0.15) is 0 Å². The quantitative estimate of drug-likeness (QED) is 0.227. The van der Waals surface area contributed by atoms with E-state index in [0.29, 0.717) is 0 Å². The van der Waals surface area contributed by atoms with Crippen molar-refractivity contribution in [2.45, 2.75) is 457 Å². The highest BCUT2D eigenvalue weighted by Gasteiger charge is 1.76. The number of rotatable bonds is 0. The second-order valence-corrected chi connectivity index (χ2v) is 15.1. The predicted octanol–water partition coefficient (Wildman–Crippen LogP) is 44.1. The Morgan fingerprint density at radius 1 is 0.136 bits per heavy atom. The molecular formula is C103H236. The normalized spacial score (nSPS) is 9.61. The van der Waals surface area contributed by atoms with Gasteiger partial charge < -0.3 is 0 Å². The Balaban J connectivity index is -0.0000000160. The van der Waals surface area contributed by atoms with E-state index in [4.69, 9.17) is 0 Å². The molecule has 0 radical (unpaired) electrons. The van der Waals surface area contributed by atoms with Crippen LogP contribution in [0, 0.1) is 5.92 Å². The fourth-order valence-electron chi connectivity index (χ4n) is 3.54. The molecule has 0 saturated carbocycles. The monoisotopic (exact) mass is 1470 g/mol. The Morgan fingerprint density at radius 3 is 0.175 bits per heavy atom. The molecule has 0 aromatic carbocycles. The van der Waals surface area contributed by atoms with E-state index in [-0.39, 0.29) is 111 Å². The first-order chi connectivity index (χ1) is 43.3. The van der Waals surface area contributed by atoms with E-state index < -0.39 is 0 Å².